The van der Waals surface area contributed by atoms with Crippen molar-refractivity contribution < 1.29 is 21.3 Å². The summed E-state index contributed by atoms with van der Waals surface area (Å²) in [6, 6.07) is 8.95. The number of nitrogens with one attached hydrogen (secondary N) is 1. The Morgan fingerprint density at radius 1 is 0.839 bits per heavy atom. The lowest BCUT2D eigenvalue weighted by Crippen LogP contribution is -2.40. The fraction of sp³-hybridized carbons (Fsp3) is 0.524. The van der Waals surface area contributed by atoms with E-state index in [1.165, 1.54) is 35.0 Å². The van der Waals surface area contributed by atoms with E-state index in [-0.39, 0.29) is 22.4 Å². The van der Waals surface area contributed by atoms with E-state index in [4.69, 9.17) is 4.42 Å². The molecule has 0 saturated carbocycles. The summed E-state index contributed by atoms with van der Waals surface area (Å²) in [6.45, 7) is 3.00. The van der Waals surface area contributed by atoms with Gasteiger partial charge >= 0.3 is 0 Å². The van der Waals surface area contributed by atoms with Crippen LogP contribution in [0.4, 0.5) is 0 Å². The zero-order valence-electron chi connectivity index (χ0n) is 17.4. The van der Waals surface area contributed by atoms with Crippen LogP contribution in [0, 0.1) is 0 Å². The van der Waals surface area contributed by atoms with Gasteiger partial charge < -0.3 is 4.42 Å². The minimum absolute atomic E-state index is 0.0460. The highest BCUT2D eigenvalue weighted by molar-refractivity contribution is 7.89. The minimum Gasteiger partial charge on any atom is -0.468 e. The molecule has 1 unspecified atom stereocenters. The molecule has 3 heterocycles. The van der Waals surface area contributed by atoms with Gasteiger partial charge in [-0.15, -0.1) is 0 Å². The van der Waals surface area contributed by atoms with Gasteiger partial charge in [0.05, 0.1) is 22.1 Å². The Bertz CT molecular complexity index is 1050. The lowest BCUT2D eigenvalue weighted by atomic mass is 10.1. The molecular formula is C21H29N3O5S2. The number of sulfonamides is 2. The molecule has 10 heteroatoms. The first-order valence-corrected chi connectivity index (χ1v) is 13.7. The molecule has 0 amide bonds. The van der Waals surface area contributed by atoms with Crippen molar-refractivity contribution in [3.05, 3.63) is 48.4 Å². The SMILES string of the molecule is O=S(=O)(NCC(c1ccco1)N1CCCCC1)c1ccc(S(=O)(=O)N2CCCC2)cc1. The fourth-order valence-corrected chi connectivity index (χ4v) is 6.82. The van der Waals surface area contributed by atoms with Gasteiger partial charge in [0.25, 0.3) is 0 Å². The maximum absolute atomic E-state index is 12.9. The summed E-state index contributed by atoms with van der Waals surface area (Å²) in [6.07, 6.45) is 6.64. The van der Waals surface area contributed by atoms with Gasteiger partial charge in [0.2, 0.25) is 20.0 Å². The van der Waals surface area contributed by atoms with Crippen LogP contribution < -0.4 is 4.72 Å². The van der Waals surface area contributed by atoms with Crippen molar-refractivity contribution in [3.8, 4) is 0 Å². The maximum atomic E-state index is 12.9. The molecule has 1 aromatic carbocycles. The van der Waals surface area contributed by atoms with E-state index >= 15 is 0 Å². The number of hydrogen-bond donors (Lipinski definition) is 1. The van der Waals surface area contributed by atoms with Crippen molar-refractivity contribution in [2.24, 2.45) is 0 Å². The predicted molar refractivity (Wildman–Crippen MR) is 116 cm³/mol. The summed E-state index contributed by atoms with van der Waals surface area (Å²) in [5.74, 6) is 0.733. The molecular weight excluding hydrogens is 438 g/mol. The number of nitrogens with zero attached hydrogens (tertiary/aromatic N) is 2. The molecule has 8 nitrogen and oxygen atoms in total. The number of piperidine rings is 1. The molecule has 0 spiro atoms. The molecule has 0 aliphatic carbocycles. The van der Waals surface area contributed by atoms with Crippen molar-refractivity contribution in [2.45, 2.75) is 47.9 Å². The highest BCUT2D eigenvalue weighted by Gasteiger charge is 2.29. The van der Waals surface area contributed by atoms with Gasteiger partial charge in [-0.3, -0.25) is 4.90 Å². The zero-order chi connectivity index (χ0) is 21.9. The molecule has 2 aromatic rings. The highest BCUT2D eigenvalue weighted by Crippen LogP contribution is 2.26. The van der Waals surface area contributed by atoms with Gasteiger partial charge in [-0.2, -0.15) is 4.31 Å². The van der Waals surface area contributed by atoms with Crippen LogP contribution in [0.2, 0.25) is 0 Å². The molecule has 2 aliphatic heterocycles. The summed E-state index contributed by atoms with van der Waals surface area (Å²) in [5.41, 5.74) is 0. The lowest BCUT2D eigenvalue weighted by molar-refractivity contribution is 0.147. The molecule has 2 aliphatic rings. The number of furan rings is 1. The van der Waals surface area contributed by atoms with E-state index < -0.39 is 20.0 Å². The average molecular weight is 468 g/mol. The van der Waals surface area contributed by atoms with Crippen molar-refractivity contribution in [1.82, 2.24) is 13.9 Å². The smallest absolute Gasteiger partial charge is 0.243 e. The average Bonchev–Trinajstić information content (AvgIpc) is 3.50. The van der Waals surface area contributed by atoms with Crippen LogP contribution in [0.1, 0.15) is 43.9 Å². The Balaban J connectivity index is 1.47. The Morgan fingerprint density at radius 3 is 2.06 bits per heavy atom. The molecule has 1 aromatic heterocycles. The quantitative estimate of drug-likeness (QED) is 0.641. The third-order valence-electron chi connectivity index (χ3n) is 6.01. The molecule has 1 atom stereocenters. The van der Waals surface area contributed by atoms with Gasteiger partial charge in [-0.05, 0) is 75.2 Å². The van der Waals surface area contributed by atoms with Gasteiger partial charge in [-0.1, -0.05) is 6.42 Å². The van der Waals surface area contributed by atoms with Crippen LogP contribution in [-0.4, -0.2) is 58.8 Å². The summed E-state index contributed by atoms with van der Waals surface area (Å²) in [4.78, 5) is 2.41. The Hall–Kier alpha value is -1.72. The van der Waals surface area contributed by atoms with Crippen LogP contribution in [0.25, 0.3) is 0 Å². The van der Waals surface area contributed by atoms with E-state index in [0.717, 1.165) is 44.5 Å². The first-order chi connectivity index (χ1) is 14.9. The Labute approximate surface area is 184 Å². The summed E-state index contributed by atoms with van der Waals surface area (Å²) >= 11 is 0. The fourth-order valence-electron chi connectivity index (χ4n) is 4.26. The zero-order valence-corrected chi connectivity index (χ0v) is 19.1. The third-order valence-corrected chi connectivity index (χ3v) is 9.36. The lowest BCUT2D eigenvalue weighted by Gasteiger charge is -2.33. The second-order valence-corrected chi connectivity index (χ2v) is 11.8. The number of likely N-dealkylation sites (tertiary alicyclic amines) is 1. The van der Waals surface area contributed by atoms with Crippen molar-refractivity contribution in [2.75, 3.05) is 32.7 Å². The van der Waals surface area contributed by atoms with Crippen LogP contribution in [0.3, 0.4) is 0 Å². The van der Waals surface area contributed by atoms with Crippen molar-refractivity contribution in [1.29, 1.82) is 0 Å². The van der Waals surface area contributed by atoms with Crippen LogP contribution in [0.15, 0.2) is 56.9 Å². The van der Waals surface area contributed by atoms with Crippen LogP contribution >= 0.6 is 0 Å². The topological polar surface area (TPSA) is 99.9 Å². The van der Waals surface area contributed by atoms with Crippen molar-refractivity contribution >= 4 is 20.0 Å². The Kier molecular flexibility index (Phi) is 6.83. The summed E-state index contributed by atoms with van der Waals surface area (Å²) in [5, 5.41) is 0. The largest absolute Gasteiger partial charge is 0.468 e. The van der Waals surface area contributed by atoms with E-state index in [1.807, 2.05) is 6.07 Å². The third kappa shape index (κ3) is 5.04. The van der Waals surface area contributed by atoms with E-state index in [9.17, 15) is 16.8 Å². The Morgan fingerprint density at radius 2 is 1.45 bits per heavy atom. The molecule has 4 rings (SSSR count). The molecule has 2 saturated heterocycles. The number of rotatable bonds is 8. The number of hydrogen-bond acceptors (Lipinski definition) is 6. The van der Waals surface area contributed by atoms with Crippen LogP contribution in [0.5, 0.6) is 0 Å². The molecule has 0 radical (unpaired) electrons. The second-order valence-electron chi connectivity index (χ2n) is 8.06. The standard InChI is InChI=1S/C21H29N3O5S2/c25-30(26,18-8-10-19(11-9-18)31(27,28)24-14-4-5-15-24)22-17-20(21-7-6-16-29-21)23-12-2-1-3-13-23/h6-11,16,20,22H,1-5,12-15,17H2. The molecule has 0 bridgehead atoms. The molecule has 31 heavy (non-hydrogen) atoms. The van der Waals surface area contributed by atoms with E-state index in [0.29, 0.717) is 13.1 Å². The van der Waals surface area contributed by atoms with Gasteiger partial charge in [-0.25, -0.2) is 21.6 Å². The summed E-state index contributed by atoms with van der Waals surface area (Å²) in [7, 11) is -7.36. The maximum Gasteiger partial charge on any atom is 0.243 e. The first-order valence-electron chi connectivity index (χ1n) is 10.8. The number of benzene rings is 1. The van der Waals surface area contributed by atoms with Gasteiger partial charge in [0.15, 0.2) is 0 Å². The normalized spacial score (nSPS) is 20.1. The molecule has 2 fully saturated rings. The monoisotopic (exact) mass is 467 g/mol. The highest BCUT2D eigenvalue weighted by atomic mass is 32.2. The summed E-state index contributed by atoms with van der Waals surface area (Å²) < 4.78 is 60.8. The predicted octanol–water partition coefficient (Wildman–Crippen LogP) is 2.57. The van der Waals surface area contributed by atoms with Gasteiger partial charge in [0, 0.05) is 19.6 Å². The first kappa shape index (κ1) is 22.5. The molecule has 170 valence electrons. The minimum atomic E-state index is -3.79. The second kappa shape index (κ2) is 9.41. The van der Waals surface area contributed by atoms with E-state index in [2.05, 4.69) is 9.62 Å². The van der Waals surface area contributed by atoms with Gasteiger partial charge in [0.1, 0.15) is 5.76 Å². The van der Waals surface area contributed by atoms with Crippen molar-refractivity contribution in [3.63, 3.8) is 0 Å². The van der Waals surface area contributed by atoms with Crippen LogP contribution in [-0.2, 0) is 20.0 Å². The molecule has 1 N–H and O–H groups in total. The van der Waals surface area contributed by atoms with E-state index in [1.54, 1.807) is 12.3 Å².